The molecule has 0 spiro atoms. The average Bonchev–Trinajstić information content (AvgIpc) is 2.83. The van der Waals surface area contributed by atoms with Crippen molar-refractivity contribution in [3.8, 4) is 5.69 Å². The van der Waals surface area contributed by atoms with Crippen LogP contribution in [0.4, 0.5) is 0 Å². The summed E-state index contributed by atoms with van der Waals surface area (Å²) >= 11 is 2.84. The van der Waals surface area contributed by atoms with Crippen molar-refractivity contribution in [2.45, 2.75) is 12.1 Å². The number of carboxylic acid groups (broad SMARTS) is 1. The third kappa shape index (κ3) is 2.28. The van der Waals surface area contributed by atoms with E-state index in [0.717, 1.165) is 16.5 Å². The number of imidazole rings is 1. The van der Waals surface area contributed by atoms with Crippen LogP contribution in [-0.4, -0.2) is 26.4 Å². The molecule has 4 nitrogen and oxygen atoms in total. The molecule has 0 aliphatic heterocycles. The van der Waals surface area contributed by atoms with Crippen molar-refractivity contribution in [3.63, 3.8) is 0 Å². The summed E-state index contributed by atoms with van der Waals surface area (Å²) in [6.07, 6.45) is 1.75. The molecule has 0 aromatic carbocycles. The predicted molar refractivity (Wildman–Crippen MR) is 64.5 cm³/mol. The van der Waals surface area contributed by atoms with E-state index in [-0.39, 0.29) is 5.75 Å². The van der Waals surface area contributed by atoms with E-state index in [2.05, 4.69) is 4.98 Å². The summed E-state index contributed by atoms with van der Waals surface area (Å²) < 4.78 is 1.96. The summed E-state index contributed by atoms with van der Waals surface area (Å²) in [7, 11) is 0. The van der Waals surface area contributed by atoms with Crippen molar-refractivity contribution in [2.24, 2.45) is 0 Å². The van der Waals surface area contributed by atoms with Crippen LogP contribution < -0.4 is 0 Å². The van der Waals surface area contributed by atoms with Crippen LogP contribution in [0.3, 0.4) is 0 Å². The number of aromatic nitrogens is 2. The Balaban J connectivity index is 2.29. The lowest BCUT2D eigenvalue weighted by Crippen LogP contribution is -2.02. The molecule has 0 atom stereocenters. The van der Waals surface area contributed by atoms with Crippen LogP contribution in [0, 0.1) is 6.92 Å². The maximum absolute atomic E-state index is 10.5. The molecule has 0 unspecified atom stereocenters. The minimum absolute atomic E-state index is 0.0284. The van der Waals surface area contributed by atoms with Crippen molar-refractivity contribution in [1.29, 1.82) is 0 Å². The summed E-state index contributed by atoms with van der Waals surface area (Å²) in [6, 6.07) is 1.99. The summed E-state index contributed by atoms with van der Waals surface area (Å²) in [4.78, 5) is 14.7. The maximum atomic E-state index is 10.5. The first-order valence-electron chi connectivity index (χ1n) is 4.60. The van der Waals surface area contributed by atoms with Gasteiger partial charge in [-0.1, -0.05) is 11.8 Å². The molecule has 0 saturated heterocycles. The lowest BCUT2D eigenvalue weighted by molar-refractivity contribution is -0.133. The van der Waals surface area contributed by atoms with E-state index >= 15 is 0 Å². The molecule has 0 fully saturated rings. The fraction of sp³-hybridized carbons (Fsp3) is 0.200. The van der Waals surface area contributed by atoms with Gasteiger partial charge in [-0.05, 0) is 18.4 Å². The third-order valence-electron chi connectivity index (χ3n) is 1.99. The van der Waals surface area contributed by atoms with Crippen LogP contribution >= 0.6 is 23.1 Å². The standard InChI is InChI=1S/C10H10N2O2S2/c1-7-4-11-10(16-6-9(13)14)12(7)8-2-3-15-5-8/h2-5H,6H2,1H3,(H,13,14). The Hall–Kier alpha value is -1.27. The smallest absolute Gasteiger partial charge is 0.313 e. The molecule has 2 aromatic heterocycles. The second-order valence-electron chi connectivity index (χ2n) is 3.18. The number of thioether (sulfide) groups is 1. The second kappa shape index (κ2) is 4.71. The van der Waals surface area contributed by atoms with Crippen LogP contribution in [0.1, 0.15) is 5.69 Å². The van der Waals surface area contributed by atoms with Crippen LogP contribution in [-0.2, 0) is 4.79 Å². The second-order valence-corrected chi connectivity index (χ2v) is 4.90. The van der Waals surface area contributed by atoms with Gasteiger partial charge in [-0.25, -0.2) is 4.98 Å². The van der Waals surface area contributed by atoms with Crippen molar-refractivity contribution >= 4 is 29.1 Å². The van der Waals surface area contributed by atoms with Gasteiger partial charge in [0, 0.05) is 17.3 Å². The summed E-state index contributed by atoms with van der Waals surface area (Å²) in [6.45, 7) is 1.95. The number of aliphatic carboxylic acids is 1. The van der Waals surface area contributed by atoms with Gasteiger partial charge in [-0.2, -0.15) is 11.3 Å². The van der Waals surface area contributed by atoms with E-state index in [9.17, 15) is 4.79 Å². The Morgan fingerprint density at radius 2 is 2.50 bits per heavy atom. The summed E-state index contributed by atoms with van der Waals surface area (Å²) in [5.41, 5.74) is 2.04. The summed E-state index contributed by atoms with van der Waals surface area (Å²) in [5, 5.41) is 13.4. The number of carbonyl (C=O) groups is 1. The van der Waals surface area contributed by atoms with Gasteiger partial charge in [0.05, 0.1) is 11.4 Å². The normalized spacial score (nSPS) is 10.6. The molecule has 0 amide bonds. The lowest BCUT2D eigenvalue weighted by Gasteiger charge is -2.06. The van der Waals surface area contributed by atoms with Crippen molar-refractivity contribution in [2.75, 3.05) is 5.75 Å². The highest BCUT2D eigenvalue weighted by molar-refractivity contribution is 7.99. The molecular formula is C10H10N2O2S2. The topological polar surface area (TPSA) is 55.1 Å². The number of rotatable bonds is 4. The fourth-order valence-electron chi connectivity index (χ4n) is 1.34. The molecule has 2 heterocycles. The van der Waals surface area contributed by atoms with Gasteiger partial charge in [0.1, 0.15) is 0 Å². The fourth-order valence-corrected chi connectivity index (χ4v) is 2.72. The molecule has 0 aliphatic carbocycles. The number of thiophene rings is 1. The Morgan fingerprint density at radius 3 is 3.12 bits per heavy atom. The Kier molecular flexibility index (Phi) is 3.31. The van der Waals surface area contributed by atoms with Crippen LogP contribution in [0.5, 0.6) is 0 Å². The largest absolute Gasteiger partial charge is 0.481 e. The molecule has 1 N–H and O–H groups in total. The quantitative estimate of drug-likeness (QED) is 0.851. The van der Waals surface area contributed by atoms with Crippen molar-refractivity contribution in [1.82, 2.24) is 9.55 Å². The number of nitrogens with zero attached hydrogens (tertiary/aromatic N) is 2. The average molecular weight is 254 g/mol. The van der Waals surface area contributed by atoms with Crippen LogP contribution in [0.15, 0.2) is 28.2 Å². The molecule has 0 saturated carbocycles. The van der Waals surface area contributed by atoms with E-state index < -0.39 is 5.97 Å². The van der Waals surface area contributed by atoms with Gasteiger partial charge in [0.2, 0.25) is 0 Å². The van der Waals surface area contributed by atoms with E-state index in [1.165, 1.54) is 11.8 Å². The zero-order valence-electron chi connectivity index (χ0n) is 8.58. The molecular weight excluding hydrogens is 244 g/mol. The SMILES string of the molecule is Cc1cnc(SCC(=O)O)n1-c1ccsc1. The lowest BCUT2D eigenvalue weighted by atomic mass is 10.4. The Bertz CT molecular complexity index is 491. The summed E-state index contributed by atoms with van der Waals surface area (Å²) in [5.74, 6) is -0.803. The molecule has 2 rings (SSSR count). The minimum Gasteiger partial charge on any atom is -0.481 e. The zero-order valence-corrected chi connectivity index (χ0v) is 10.2. The van der Waals surface area contributed by atoms with Gasteiger partial charge < -0.3 is 5.11 Å². The predicted octanol–water partition coefficient (Wildman–Crippen LogP) is 2.42. The van der Waals surface area contributed by atoms with Crippen molar-refractivity contribution < 1.29 is 9.90 Å². The molecule has 2 aromatic rings. The first kappa shape index (κ1) is 11.2. The van der Waals surface area contributed by atoms with Crippen LogP contribution in [0.2, 0.25) is 0 Å². The van der Waals surface area contributed by atoms with E-state index in [1.807, 2.05) is 28.3 Å². The molecule has 0 aliphatic rings. The Labute approximate surface area is 101 Å². The van der Waals surface area contributed by atoms with Crippen LogP contribution in [0.25, 0.3) is 5.69 Å². The molecule has 6 heteroatoms. The van der Waals surface area contributed by atoms with Gasteiger partial charge in [0.15, 0.2) is 5.16 Å². The molecule has 84 valence electrons. The molecule has 16 heavy (non-hydrogen) atoms. The first-order chi connectivity index (χ1) is 7.68. The zero-order chi connectivity index (χ0) is 11.5. The first-order valence-corrected chi connectivity index (χ1v) is 6.53. The molecule has 0 bridgehead atoms. The van der Waals surface area contributed by atoms with Gasteiger partial charge in [-0.15, -0.1) is 0 Å². The molecule has 0 radical (unpaired) electrons. The van der Waals surface area contributed by atoms with E-state index in [4.69, 9.17) is 5.11 Å². The highest BCUT2D eigenvalue weighted by Crippen LogP contribution is 2.24. The van der Waals surface area contributed by atoms with Gasteiger partial charge in [-0.3, -0.25) is 9.36 Å². The van der Waals surface area contributed by atoms with Gasteiger partial charge in [0.25, 0.3) is 0 Å². The number of aryl methyl sites for hydroxylation is 1. The third-order valence-corrected chi connectivity index (χ3v) is 3.60. The van der Waals surface area contributed by atoms with E-state index in [1.54, 1.807) is 17.5 Å². The maximum Gasteiger partial charge on any atom is 0.313 e. The van der Waals surface area contributed by atoms with Crippen molar-refractivity contribution in [3.05, 3.63) is 28.7 Å². The Morgan fingerprint density at radius 1 is 1.69 bits per heavy atom. The number of carboxylic acids is 1. The number of hydrogen-bond acceptors (Lipinski definition) is 4. The van der Waals surface area contributed by atoms with Gasteiger partial charge >= 0.3 is 5.97 Å². The number of hydrogen-bond donors (Lipinski definition) is 1. The van der Waals surface area contributed by atoms with E-state index in [0.29, 0.717) is 0 Å². The highest BCUT2D eigenvalue weighted by atomic mass is 32.2. The highest BCUT2D eigenvalue weighted by Gasteiger charge is 2.11. The minimum atomic E-state index is -0.831. The monoisotopic (exact) mass is 254 g/mol.